The van der Waals surface area contributed by atoms with Crippen LogP contribution in [0.25, 0.3) is 0 Å². The molecular weight excluding hydrogens is 806 g/mol. The summed E-state index contributed by atoms with van der Waals surface area (Å²) in [6.45, 7) is 5.14. The number of ether oxygens (including phenoxy) is 2. The van der Waals surface area contributed by atoms with E-state index in [2.05, 4.69) is 123 Å². The Bertz CT molecular complexity index is 1370. The average molecular weight is 899 g/mol. The van der Waals surface area contributed by atoms with Crippen LogP contribution in [0, 0.1) is 0 Å². The molecule has 9 heteroatoms. The molecule has 0 aromatic heterocycles. The van der Waals surface area contributed by atoms with E-state index in [0.29, 0.717) is 30.5 Å². The second kappa shape index (κ2) is 45.7. The highest BCUT2D eigenvalue weighted by molar-refractivity contribution is 7.47. The van der Waals surface area contributed by atoms with E-state index in [-0.39, 0.29) is 25.8 Å². The number of allylic oxidation sites excluding steroid dienone is 17. The highest BCUT2D eigenvalue weighted by Crippen LogP contribution is 2.43. The monoisotopic (exact) mass is 899 g/mol. The average Bonchev–Trinajstić information content (AvgIpc) is 3.24. The molecule has 0 bridgehead atoms. The topological polar surface area (TPSA) is 91.3 Å². The zero-order valence-electron chi connectivity index (χ0n) is 40.8. The summed E-state index contributed by atoms with van der Waals surface area (Å²) in [7, 11) is 1.60. The lowest BCUT2D eigenvalue weighted by Gasteiger charge is -2.24. The van der Waals surface area contributed by atoms with E-state index in [1.54, 1.807) is 0 Å². The maximum atomic E-state index is 12.7. The number of quaternary nitrogens is 1. The normalized spacial score (nSPS) is 14.6. The molecule has 0 aromatic carbocycles. The lowest BCUT2D eigenvalue weighted by molar-refractivity contribution is -0.870. The van der Waals surface area contributed by atoms with Gasteiger partial charge in [-0.25, -0.2) is 4.57 Å². The van der Waals surface area contributed by atoms with Crippen molar-refractivity contribution < 1.29 is 37.3 Å². The van der Waals surface area contributed by atoms with Gasteiger partial charge in [-0.2, -0.15) is 0 Å². The maximum absolute atomic E-state index is 12.7. The number of carbonyl (C=O) groups is 1. The summed E-state index contributed by atoms with van der Waals surface area (Å²) in [5, 5.41) is 0. The lowest BCUT2D eigenvalue weighted by Crippen LogP contribution is -2.37. The SMILES string of the molecule is CC/C=C\C/C=C\C/C=C\C/C=C\C/C=C\CCOCC(COP(=O)(O)OCC[N+](C)(C)C)OC(=O)CCCCCCCCCCCCCC/C=C\C/C=C\C/C=C\C/C=C\CC. The van der Waals surface area contributed by atoms with Crippen molar-refractivity contribution in [1.29, 1.82) is 0 Å². The van der Waals surface area contributed by atoms with Crippen LogP contribution in [-0.2, 0) is 27.9 Å². The van der Waals surface area contributed by atoms with Crippen LogP contribution >= 0.6 is 7.82 Å². The van der Waals surface area contributed by atoms with E-state index in [4.69, 9.17) is 18.5 Å². The molecule has 0 fully saturated rings. The first-order valence-electron chi connectivity index (χ1n) is 24.6. The molecule has 0 amide bonds. The fourth-order valence-electron chi connectivity index (χ4n) is 6.14. The molecule has 2 unspecified atom stereocenters. The smallest absolute Gasteiger partial charge is 0.457 e. The first kappa shape index (κ1) is 60.2. The van der Waals surface area contributed by atoms with Gasteiger partial charge in [0, 0.05) is 6.42 Å². The maximum Gasteiger partial charge on any atom is 0.472 e. The second-order valence-corrected chi connectivity index (χ2v) is 18.5. The van der Waals surface area contributed by atoms with Crippen molar-refractivity contribution in [3.05, 3.63) is 109 Å². The number of nitrogens with zero attached hydrogens (tertiary/aromatic N) is 1. The molecule has 0 aromatic rings. The van der Waals surface area contributed by atoms with Crippen LogP contribution in [0.15, 0.2) is 109 Å². The van der Waals surface area contributed by atoms with Crippen molar-refractivity contribution in [2.45, 2.75) is 174 Å². The van der Waals surface area contributed by atoms with Crippen LogP contribution < -0.4 is 0 Å². The summed E-state index contributed by atoms with van der Waals surface area (Å²) in [6.07, 6.45) is 64.5. The Kier molecular flexibility index (Phi) is 43.7. The fourth-order valence-corrected chi connectivity index (χ4v) is 6.88. The Morgan fingerprint density at radius 2 is 0.873 bits per heavy atom. The van der Waals surface area contributed by atoms with Gasteiger partial charge in [0.15, 0.2) is 0 Å². The second-order valence-electron chi connectivity index (χ2n) is 17.1. The first-order valence-corrected chi connectivity index (χ1v) is 26.1. The number of phosphoric acid groups is 1. The van der Waals surface area contributed by atoms with Gasteiger partial charge in [0.05, 0.1) is 41.0 Å². The molecular formula is C54H93NO7P+. The molecule has 0 aliphatic carbocycles. The molecule has 63 heavy (non-hydrogen) atoms. The number of likely N-dealkylation sites (N-methyl/N-ethyl adjacent to an activating group) is 1. The largest absolute Gasteiger partial charge is 0.472 e. The lowest BCUT2D eigenvalue weighted by atomic mass is 10.0. The van der Waals surface area contributed by atoms with Gasteiger partial charge in [0.25, 0.3) is 0 Å². The van der Waals surface area contributed by atoms with Crippen molar-refractivity contribution in [1.82, 2.24) is 0 Å². The van der Waals surface area contributed by atoms with Crippen molar-refractivity contribution >= 4 is 13.8 Å². The highest BCUT2D eigenvalue weighted by atomic mass is 31.2. The predicted molar refractivity (Wildman–Crippen MR) is 270 cm³/mol. The van der Waals surface area contributed by atoms with E-state index in [0.717, 1.165) is 77.0 Å². The minimum atomic E-state index is -4.31. The van der Waals surface area contributed by atoms with Gasteiger partial charge in [-0.1, -0.05) is 187 Å². The van der Waals surface area contributed by atoms with Gasteiger partial charge in [-0.3, -0.25) is 13.8 Å². The highest BCUT2D eigenvalue weighted by Gasteiger charge is 2.26. The van der Waals surface area contributed by atoms with E-state index >= 15 is 0 Å². The Morgan fingerprint density at radius 1 is 0.492 bits per heavy atom. The van der Waals surface area contributed by atoms with E-state index in [9.17, 15) is 14.3 Å². The number of rotatable bonds is 44. The molecule has 0 heterocycles. The third-order valence-electron chi connectivity index (χ3n) is 9.85. The molecule has 0 radical (unpaired) electrons. The van der Waals surface area contributed by atoms with Gasteiger partial charge >= 0.3 is 13.8 Å². The van der Waals surface area contributed by atoms with E-state index in [1.807, 2.05) is 21.1 Å². The van der Waals surface area contributed by atoms with Gasteiger partial charge in [0.2, 0.25) is 0 Å². The molecule has 8 nitrogen and oxygen atoms in total. The molecule has 1 N–H and O–H groups in total. The number of unbranched alkanes of at least 4 members (excludes halogenated alkanes) is 12. The molecule has 0 saturated heterocycles. The molecule has 0 saturated carbocycles. The molecule has 0 rings (SSSR count). The zero-order chi connectivity index (χ0) is 46.2. The van der Waals surface area contributed by atoms with Crippen LogP contribution in [-0.4, -0.2) is 75.6 Å². The van der Waals surface area contributed by atoms with E-state index < -0.39 is 13.9 Å². The number of esters is 1. The summed E-state index contributed by atoms with van der Waals surface area (Å²) < 4.78 is 35.0. The summed E-state index contributed by atoms with van der Waals surface area (Å²) >= 11 is 0. The summed E-state index contributed by atoms with van der Waals surface area (Å²) in [5.41, 5.74) is 0. The van der Waals surface area contributed by atoms with Gasteiger partial charge in [-0.15, -0.1) is 0 Å². The Labute approximate surface area is 387 Å². The quantitative estimate of drug-likeness (QED) is 0.0214. The minimum Gasteiger partial charge on any atom is -0.457 e. The molecule has 2 atom stereocenters. The first-order chi connectivity index (χ1) is 30.6. The van der Waals surface area contributed by atoms with Crippen LogP contribution in [0.2, 0.25) is 0 Å². The zero-order valence-corrected chi connectivity index (χ0v) is 41.7. The Balaban J connectivity index is 4.23. The van der Waals surface area contributed by atoms with Crippen LogP contribution in [0.5, 0.6) is 0 Å². The Morgan fingerprint density at radius 3 is 1.30 bits per heavy atom. The van der Waals surface area contributed by atoms with E-state index in [1.165, 1.54) is 64.2 Å². The summed E-state index contributed by atoms with van der Waals surface area (Å²) in [4.78, 5) is 23.0. The molecule has 0 aliphatic heterocycles. The third kappa shape index (κ3) is 50.0. The van der Waals surface area contributed by atoms with Crippen molar-refractivity contribution in [2.24, 2.45) is 0 Å². The van der Waals surface area contributed by atoms with Gasteiger partial charge in [-0.05, 0) is 83.5 Å². The van der Waals surface area contributed by atoms with Crippen molar-refractivity contribution in [3.63, 3.8) is 0 Å². The molecule has 0 aliphatic rings. The molecule has 360 valence electrons. The van der Waals surface area contributed by atoms with Gasteiger partial charge in [0.1, 0.15) is 19.3 Å². The number of phosphoric ester groups is 1. The standard InChI is InChI=1S/C54H92NO7P/c1-6-8-10-12-14-16-18-20-22-24-25-26-27-28-29-30-31-32-33-35-37-39-41-43-45-47-54(56)62-53(52-61-63(57,58)60-50-48-55(3,4)5)51-59-49-46-44-42-40-38-36-34-23-21-19-17-15-13-11-9-7-2/h8-11,14-17,20-23,25-26,36,38,42,44,53H,6-7,12-13,18-19,24,27-35,37,39-41,43,45-52H2,1-5H3/p+1/b10-8-,11-9-,16-14-,17-15-,22-20-,23-21-,26-25-,38-36-,44-42-. The van der Waals surface area contributed by atoms with Crippen LogP contribution in [0.1, 0.15) is 168 Å². The van der Waals surface area contributed by atoms with Crippen LogP contribution in [0.4, 0.5) is 0 Å². The summed E-state index contributed by atoms with van der Waals surface area (Å²) in [6, 6.07) is 0. The molecule has 0 spiro atoms. The third-order valence-corrected chi connectivity index (χ3v) is 10.8. The fraction of sp³-hybridized carbons (Fsp3) is 0.648. The number of hydrogen-bond donors (Lipinski definition) is 1. The number of hydrogen-bond acceptors (Lipinski definition) is 6. The summed E-state index contributed by atoms with van der Waals surface area (Å²) in [5.74, 6) is -0.345. The number of carbonyl (C=O) groups excluding carboxylic acids is 1. The van der Waals surface area contributed by atoms with Gasteiger partial charge < -0.3 is 18.9 Å². The Hall–Kier alpha value is -2.84. The predicted octanol–water partition coefficient (Wildman–Crippen LogP) is 15.2. The van der Waals surface area contributed by atoms with Crippen molar-refractivity contribution in [2.75, 3.05) is 54.1 Å². The minimum absolute atomic E-state index is 0.0691. The van der Waals surface area contributed by atoms with Crippen LogP contribution in [0.3, 0.4) is 0 Å². The van der Waals surface area contributed by atoms with Crippen molar-refractivity contribution in [3.8, 4) is 0 Å².